The van der Waals surface area contributed by atoms with E-state index in [9.17, 15) is 4.79 Å². The van der Waals surface area contributed by atoms with Crippen molar-refractivity contribution >= 4 is 5.97 Å². The van der Waals surface area contributed by atoms with Gasteiger partial charge in [0.2, 0.25) is 0 Å². The number of carbonyl (C=O) groups is 1. The molecule has 1 unspecified atom stereocenters. The van der Waals surface area contributed by atoms with Gasteiger partial charge in [-0.2, -0.15) is 0 Å². The number of allylic oxidation sites excluding steroid dienone is 3. The van der Waals surface area contributed by atoms with Crippen LogP contribution >= 0.6 is 0 Å². The molecule has 0 spiro atoms. The molecule has 0 bridgehead atoms. The Morgan fingerprint density at radius 2 is 2.00 bits per heavy atom. The maximum atomic E-state index is 11.6. The molecule has 0 saturated heterocycles. The summed E-state index contributed by atoms with van der Waals surface area (Å²) in [4.78, 5) is 11.6. The monoisotopic (exact) mass is 272 g/mol. The molecular formula is C18H24O2. The van der Waals surface area contributed by atoms with E-state index in [1.54, 1.807) is 0 Å². The number of esters is 1. The van der Waals surface area contributed by atoms with E-state index in [2.05, 4.69) is 26.8 Å². The number of carbonyl (C=O) groups excluding carboxylic acids is 1. The second kappa shape index (κ2) is 9.13. The van der Waals surface area contributed by atoms with Crippen molar-refractivity contribution in [3.63, 3.8) is 0 Å². The topological polar surface area (TPSA) is 26.3 Å². The standard InChI is InChI=1S/C18H24O2/c1-4-15(2)13-16(3)9-8-12-20-18(19)14-17-10-6-5-7-11-17/h5-8,10-13,15H,4,9,14H2,1-3H3/b12-8+,16-13+. The van der Waals surface area contributed by atoms with Crippen LogP contribution in [0.4, 0.5) is 0 Å². The molecule has 0 amide bonds. The van der Waals surface area contributed by atoms with Crippen molar-refractivity contribution in [2.75, 3.05) is 0 Å². The second-order valence-corrected chi connectivity index (χ2v) is 5.13. The molecule has 0 aliphatic rings. The van der Waals surface area contributed by atoms with Gasteiger partial charge < -0.3 is 4.74 Å². The zero-order valence-corrected chi connectivity index (χ0v) is 12.6. The van der Waals surface area contributed by atoms with Crippen LogP contribution in [0.3, 0.4) is 0 Å². The third-order valence-corrected chi connectivity index (χ3v) is 3.14. The summed E-state index contributed by atoms with van der Waals surface area (Å²) in [6.45, 7) is 6.48. The zero-order chi connectivity index (χ0) is 14.8. The molecule has 1 atom stereocenters. The Bertz CT molecular complexity index is 458. The number of benzene rings is 1. The Balaban J connectivity index is 2.31. The maximum Gasteiger partial charge on any atom is 0.315 e. The predicted octanol–water partition coefficient (Wildman–Crippen LogP) is 4.67. The lowest BCUT2D eigenvalue weighted by Gasteiger charge is -2.03. The average molecular weight is 272 g/mol. The largest absolute Gasteiger partial charge is 0.435 e. The first-order valence-corrected chi connectivity index (χ1v) is 7.17. The van der Waals surface area contributed by atoms with Crippen molar-refractivity contribution in [1.29, 1.82) is 0 Å². The van der Waals surface area contributed by atoms with E-state index in [4.69, 9.17) is 4.74 Å². The molecule has 1 rings (SSSR count). The predicted molar refractivity (Wildman–Crippen MR) is 83.2 cm³/mol. The quantitative estimate of drug-likeness (QED) is 0.409. The van der Waals surface area contributed by atoms with Gasteiger partial charge in [-0.25, -0.2) is 0 Å². The second-order valence-electron chi connectivity index (χ2n) is 5.13. The highest BCUT2D eigenvalue weighted by Gasteiger charge is 2.02. The Morgan fingerprint density at radius 3 is 2.65 bits per heavy atom. The summed E-state index contributed by atoms with van der Waals surface area (Å²) >= 11 is 0. The summed E-state index contributed by atoms with van der Waals surface area (Å²) in [5, 5.41) is 0. The summed E-state index contributed by atoms with van der Waals surface area (Å²) in [6.07, 6.45) is 7.93. The minimum absolute atomic E-state index is 0.226. The van der Waals surface area contributed by atoms with E-state index in [1.807, 2.05) is 36.4 Å². The van der Waals surface area contributed by atoms with Gasteiger partial charge >= 0.3 is 5.97 Å². The Hall–Kier alpha value is -1.83. The van der Waals surface area contributed by atoms with E-state index in [0.717, 1.165) is 18.4 Å². The van der Waals surface area contributed by atoms with Gasteiger partial charge in [-0.15, -0.1) is 0 Å². The smallest absolute Gasteiger partial charge is 0.315 e. The molecule has 0 heterocycles. The third kappa shape index (κ3) is 6.93. The molecule has 0 aliphatic carbocycles. The van der Waals surface area contributed by atoms with Crippen molar-refractivity contribution in [2.24, 2.45) is 5.92 Å². The molecule has 0 saturated carbocycles. The Kier molecular flexibility index (Phi) is 7.41. The van der Waals surface area contributed by atoms with E-state index < -0.39 is 0 Å². The van der Waals surface area contributed by atoms with E-state index in [1.165, 1.54) is 11.8 Å². The fourth-order valence-electron chi connectivity index (χ4n) is 1.83. The highest BCUT2D eigenvalue weighted by molar-refractivity contribution is 5.73. The lowest BCUT2D eigenvalue weighted by molar-refractivity contribution is -0.137. The zero-order valence-electron chi connectivity index (χ0n) is 12.6. The molecule has 0 N–H and O–H groups in total. The molecule has 2 nitrogen and oxygen atoms in total. The van der Waals surface area contributed by atoms with Gasteiger partial charge in [0.15, 0.2) is 0 Å². The van der Waals surface area contributed by atoms with Crippen LogP contribution < -0.4 is 0 Å². The van der Waals surface area contributed by atoms with Gasteiger partial charge in [0.1, 0.15) is 0 Å². The lowest BCUT2D eigenvalue weighted by Crippen LogP contribution is -2.03. The van der Waals surface area contributed by atoms with Gasteiger partial charge in [0.05, 0.1) is 12.7 Å². The molecule has 20 heavy (non-hydrogen) atoms. The first-order chi connectivity index (χ1) is 9.61. The fourth-order valence-corrected chi connectivity index (χ4v) is 1.83. The first-order valence-electron chi connectivity index (χ1n) is 7.17. The fraction of sp³-hybridized carbons (Fsp3) is 0.389. The van der Waals surface area contributed by atoms with Crippen molar-refractivity contribution in [3.8, 4) is 0 Å². The molecule has 0 radical (unpaired) electrons. The Morgan fingerprint density at radius 1 is 1.30 bits per heavy atom. The van der Waals surface area contributed by atoms with Crippen LogP contribution in [0.2, 0.25) is 0 Å². The summed E-state index contributed by atoms with van der Waals surface area (Å²) in [7, 11) is 0. The van der Waals surface area contributed by atoms with Crippen LogP contribution in [-0.4, -0.2) is 5.97 Å². The molecule has 1 aromatic rings. The highest BCUT2D eigenvalue weighted by atomic mass is 16.5. The van der Waals surface area contributed by atoms with Crippen molar-refractivity contribution in [1.82, 2.24) is 0 Å². The van der Waals surface area contributed by atoms with Gasteiger partial charge in [0, 0.05) is 0 Å². The van der Waals surface area contributed by atoms with Gasteiger partial charge in [0.25, 0.3) is 0 Å². The molecule has 0 fully saturated rings. The van der Waals surface area contributed by atoms with Crippen LogP contribution in [0.1, 0.15) is 39.2 Å². The lowest BCUT2D eigenvalue weighted by atomic mass is 10.0. The molecule has 2 heteroatoms. The van der Waals surface area contributed by atoms with Crippen LogP contribution in [0.15, 0.2) is 54.3 Å². The number of rotatable bonds is 7. The van der Waals surface area contributed by atoms with E-state index >= 15 is 0 Å². The average Bonchev–Trinajstić information content (AvgIpc) is 2.44. The number of ether oxygens (including phenoxy) is 1. The minimum Gasteiger partial charge on any atom is -0.435 e. The van der Waals surface area contributed by atoms with Crippen molar-refractivity contribution < 1.29 is 9.53 Å². The molecular weight excluding hydrogens is 248 g/mol. The van der Waals surface area contributed by atoms with Gasteiger partial charge in [-0.05, 0) is 30.9 Å². The van der Waals surface area contributed by atoms with Gasteiger partial charge in [-0.3, -0.25) is 4.79 Å². The van der Waals surface area contributed by atoms with Crippen molar-refractivity contribution in [3.05, 3.63) is 59.9 Å². The van der Waals surface area contributed by atoms with Crippen LogP contribution in [-0.2, 0) is 16.0 Å². The summed E-state index contributed by atoms with van der Waals surface area (Å²) in [6, 6.07) is 9.61. The summed E-state index contributed by atoms with van der Waals surface area (Å²) < 4.78 is 5.08. The molecule has 108 valence electrons. The van der Waals surface area contributed by atoms with Crippen molar-refractivity contribution in [2.45, 2.75) is 40.0 Å². The SMILES string of the molecule is CCC(C)/C=C(\C)C/C=C/OC(=O)Cc1ccccc1. The molecule has 1 aromatic carbocycles. The highest BCUT2D eigenvalue weighted by Crippen LogP contribution is 2.10. The first kappa shape index (κ1) is 16.2. The van der Waals surface area contributed by atoms with Gasteiger partial charge in [-0.1, -0.05) is 62.2 Å². The molecule has 0 aliphatic heterocycles. The normalized spacial score (nSPS) is 13.4. The molecule has 0 aromatic heterocycles. The number of hydrogen-bond acceptors (Lipinski definition) is 2. The number of hydrogen-bond donors (Lipinski definition) is 0. The van der Waals surface area contributed by atoms with Crippen LogP contribution in [0, 0.1) is 5.92 Å². The summed E-state index contributed by atoms with van der Waals surface area (Å²) in [5.41, 5.74) is 2.27. The van der Waals surface area contributed by atoms with E-state index in [-0.39, 0.29) is 5.97 Å². The van der Waals surface area contributed by atoms with E-state index in [0.29, 0.717) is 12.3 Å². The third-order valence-electron chi connectivity index (χ3n) is 3.14. The Labute approximate surface area is 122 Å². The van der Waals surface area contributed by atoms with Crippen LogP contribution in [0.5, 0.6) is 0 Å². The maximum absolute atomic E-state index is 11.6. The summed E-state index contributed by atoms with van der Waals surface area (Å²) in [5.74, 6) is 0.375. The van der Waals surface area contributed by atoms with Crippen LogP contribution in [0.25, 0.3) is 0 Å². The minimum atomic E-state index is -0.226.